The summed E-state index contributed by atoms with van der Waals surface area (Å²) in [5, 5.41) is 1.52. The van der Waals surface area contributed by atoms with Crippen molar-refractivity contribution in [3.63, 3.8) is 0 Å². The van der Waals surface area contributed by atoms with Gasteiger partial charge < -0.3 is 14.6 Å². The Labute approximate surface area is 180 Å². The van der Waals surface area contributed by atoms with E-state index in [0.717, 1.165) is 22.3 Å². The Kier molecular flexibility index (Phi) is 4.57. The van der Waals surface area contributed by atoms with Crippen LogP contribution in [0.4, 0.5) is 5.82 Å². The Morgan fingerprint density at radius 3 is 2.77 bits per heavy atom. The van der Waals surface area contributed by atoms with E-state index in [4.69, 9.17) is 26.3 Å². The van der Waals surface area contributed by atoms with E-state index < -0.39 is 14.6 Å². The highest BCUT2D eigenvalue weighted by atomic mass is 35.5. The van der Waals surface area contributed by atoms with Crippen LogP contribution < -0.4 is 4.90 Å². The van der Waals surface area contributed by atoms with E-state index in [-0.39, 0.29) is 6.04 Å². The highest BCUT2D eigenvalue weighted by Crippen LogP contribution is 2.52. The molecule has 3 heterocycles. The van der Waals surface area contributed by atoms with Crippen molar-refractivity contribution in [2.75, 3.05) is 30.9 Å². The van der Waals surface area contributed by atoms with Gasteiger partial charge in [-0.05, 0) is 38.0 Å². The van der Waals surface area contributed by atoms with Gasteiger partial charge in [-0.1, -0.05) is 11.6 Å². The number of aromatic nitrogens is 3. The first-order valence-electron chi connectivity index (χ1n) is 9.99. The lowest BCUT2D eigenvalue weighted by Gasteiger charge is -2.34. The molecule has 2 aromatic heterocycles. The highest BCUT2D eigenvalue weighted by molar-refractivity contribution is 7.91. The van der Waals surface area contributed by atoms with E-state index in [2.05, 4.69) is 16.8 Å². The van der Waals surface area contributed by atoms with Gasteiger partial charge in [-0.2, -0.15) is 0 Å². The van der Waals surface area contributed by atoms with Crippen LogP contribution in [0.15, 0.2) is 30.5 Å². The molecule has 1 atom stereocenters. The van der Waals surface area contributed by atoms with Crippen molar-refractivity contribution >= 4 is 38.2 Å². The minimum atomic E-state index is -3.31. The van der Waals surface area contributed by atoms with E-state index in [1.807, 2.05) is 30.5 Å². The fourth-order valence-electron chi connectivity index (χ4n) is 4.25. The summed E-state index contributed by atoms with van der Waals surface area (Å²) < 4.78 is 29.9. The molecule has 30 heavy (non-hydrogen) atoms. The average Bonchev–Trinajstić information content (AvgIpc) is 3.41. The third kappa shape index (κ3) is 3.18. The molecule has 1 saturated carbocycles. The van der Waals surface area contributed by atoms with Crippen LogP contribution in [0, 0.1) is 0 Å². The minimum Gasteiger partial charge on any atom is -0.377 e. The number of H-pyrrole nitrogens is 1. The molecule has 2 fully saturated rings. The SMILES string of the molecule is C[C@@H]1COCCN1c1cc(C2(S(C)(=O)=O)CC2)nc(-c2cc(Cl)cc3[nH]ccc23)n1. The van der Waals surface area contributed by atoms with Gasteiger partial charge in [0, 0.05) is 46.6 Å². The van der Waals surface area contributed by atoms with Gasteiger partial charge in [0.1, 0.15) is 10.6 Å². The zero-order valence-corrected chi connectivity index (χ0v) is 18.4. The lowest BCUT2D eigenvalue weighted by atomic mass is 10.1. The number of halogens is 1. The van der Waals surface area contributed by atoms with Crippen LogP contribution >= 0.6 is 11.6 Å². The molecule has 0 bridgehead atoms. The number of fused-ring (bicyclic) bond motifs is 1. The Morgan fingerprint density at radius 2 is 2.07 bits per heavy atom. The van der Waals surface area contributed by atoms with Crippen molar-refractivity contribution in [3.8, 4) is 11.4 Å². The van der Waals surface area contributed by atoms with Crippen LogP contribution in [0.25, 0.3) is 22.3 Å². The first-order valence-corrected chi connectivity index (χ1v) is 12.3. The molecule has 9 heteroatoms. The molecule has 1 aliphatic carbocycles. The number of rotatable bonds is 4. The molecule has 2 aliphatic rings. The quantitative estimate of drug-likeness (QED) is 0.659. The maximum Gasteiger partial charge on any atom is 0.162 e. The number of ether oxygens (including phenoxy) is 1. The van der Waals surface area contributed by atoms with E-state index in [9.17, 15) is 8.42 Å². The summed E-state index contributed by atoms with van der Waals surface area (Å²) >= 11 is 6.36. The van der Waals surface area contributed by atoms with Crippen LogP contribution in [-0.2, 0) is 19.3 Å². The van der Waals surface area contributed by atoms with E-state index in [1.54, 1.807) is 0 Å². The molecule has 0 radical (unpaired) electrons. The summed E-state index contributed by atoms with van der Waals surface area (Å²) in [4.78, 5) is 15.0. The molecule has 3 aromatic rings. The summed E-state index contributed by atoms with van der Waals surface area (Å²) in [6.45, 7) is 3.98. The molecule has 0 amide bonds. The monoisotopic (exact) mass is 446 g/mol. The van der Waals surface area contributed by atoms with Crippen molar-refractivity contribution in [3.05, 3.63) is 41.2 Å². The molecular formula is C21H23ClN4O3S. The van der Waals surface area contributed by atoms with Gasteiger partial charge in [0.15, 0.2) is 15.7 Å². The third-order valence-corrected chi connectivity index (χ3v) is 8.38. The number of hydrogen-bond acceptors (Lipinski definition) is 6. The number of anilines is 1. The largest absolute Gasteiger partial charge is 0.377 e. The number of benzene rings is 1. The van der Waals surface area contributed by atoms with Crippen LogP contribution in [0.3, 0.4) is 0 Å². The van der Waals surface area contributed by atoms with Crippen LogP contribution in [0.5, 0.6) is 0 Å². The summed E-state index contributed by atoms with van der Waals surface area (Å²) in [6.07, 6.45) is 4.30. The fourth-order valence-corrected chi connectivity index (χ4v) is 5.80. The van der Waals surface area contributed by atoms with Gasteiger partial charge in [0.25, 0.3) is 0 Å². The number of morpholine rings is 1. The Hall–Kier alpha value is -2.16. The lowest BCUT2D eigenvalue weighted by Crippen LogP contribution is -2.44. The molecule has 0 spiro atoms. The fraction of sp³-hybridized carbons (Fsp3) is 0.429. The van der Waals surface area contributed by atoms with Crippen LogP contribution in [0.1, 0.15) is 25.5 Å². The van der Waals surface area contributed by atoms with Crippen LogP contribution in [0.2, 0.25) is 5.02 Å². The maximum atomic E-state index is 12.6. The lowest BCUT2D eigenvalue weighted by molar-refractivity contribution is 0.0985. The standard InChI is InChI=1S/C21H23ClN4O3S/c1-13-12-29-8-7-26(13)19-11-18(21(4-5-21)30(2,27)28)24-20(25-19)16-9-14(22)10-17-15(16)3-6-23-17/h3,6,9-11,13,23H,4-5,7-8,12H2,1-2H3/t13-/m1/s1. The van der Waals surface area contributed by atoms with Gasteiger partial charge in [-0.25, -0.2) is 18.4 Å². The average molecular weight is 447 g/mol. The highest BCUT2D eigenvalue weighted by Gasteiger charge is 2.55. The maximum absolute atomic E-state index is 12.6. The minimum absolute atomic E-state index is 0.134. The number of hydrogen-bond donors (Lipinski definition) is 1. The third-order valence-electron chi connectivity index (χ3n) is 6.13. The van der Waals surface area contributed by atoms with Gasteiger partial charge >= 0.3 is 0 Å². The first kappa shape index (κ1) is 19.8. The first-order chi connectivity index (χ1) is 14.3. The summed E-state index contributed by atoms with van der Waals surface area (Å²) in [6, 6.07) is 7.63. The normalized spacial score (nSPS) is 21.2. The number of sulfone groups is 1. The van der Waals surface area contributed by atoms with E-state index in [1.165, 1.54) is 6.26 Å². The molecule has 1 aliphatic heterocycles. The molecule has 1 saturated heterocycles. The Bertz CT molecular complexity index is 1240. The van der Waals surface area contributed by atoms with E-state index >= 15 is 0 Å². The smallest absolute Gasteiger partial charge is 0.162 e. The molecule has 158 valence electrons. The zero-order chi connectivity index (χ0) is 21.1. The van der Waals surface area contributed by atoms with Gasteiger partial charge in [0.05, 0.1) is 24.9 Å². The second kappa shape index (κ2) is 6.93. The summed E-state index contributed by atoms with van der Waals surface area (Å²) in [5.41, 5.74) is 2.23. The molecule has 5 rings (SSSR count). The summed E-state index contributed by atoms with van der Waals surface area (Å²) in [7, 11) is -3.31. The molecule has 0 unspecified atom stereocenters. The molecule has 7 nitrogen and oxygen atoms in total. The van der Waals surface area contributed by atoms with Crippen molar-refractivity contribution in [1.29, 1.82) is 0 Å². The Balaban J connectivity index is 1.74. The van der Waals surface area contributed by atoms with Crippen LogP contribution in [-0.4, -0.2) is 55.4 Å². The van der Waals surface area contributed by atoms with E-state index in [0.29, 0.717) is 49.1 Å². The molecule has 1 N–H and O–H groups in total. The van der Waals surface area contributed by atoms with Crippen molar-refractivity contribution in [2.24, 2.45) is 0 Å². The van der Waals surface area contributed by atoms with Gasteiger partial charge in [0.2, 0.25) is 0 Å². The molecule has 1 aromatic carbocycles. The van der Waals surface area contributed by atoms with Crippen molar-refractivity contribution in [1.82, 2.24) is 15.0 Å². The van der Waals surface area contributed by atoms with Crippen molar-refractivity contribution in [2.45, 2.75) is 30.6 Å². The van der Waals surface area contributed by atoms with Gasteiger partial charge in [-0.15, -0.1) is 0 Å². The number of nitrogens with zero attached hydrogens (tertiary/aromatic N) is 3. The summed E-state index contributed by atoms with van der Waals surface area (Å²) in [5.74, 6) is 1.22. The second-order valence-corrected chi connectivity index (χ2v) is 11.0. The van der Waals surface area contributed by atoms with Gasteiger partial charge in [-0.3, -0.25) is 0 Å². The second-order valence-electron chi connectivity index (χ2n) is 8.21. The predicted octanol–water partition coefficient (Wildman–Crippen LogP) is 3.54. The topological polar surface area (TPSA) is 88.2 Å². The number of nitrogens with one attached hydrogen (secondary N) is 1. The van der Waals surface area contributed by atoms with Crippen molar-refractivity contribution < 1.29 is 13.2 Å². The molecular weight excluding hydrogens is 424 g/mol. The number of aromatic amines is 1. The predicted molar refractivity (Wildman–Crippen MR) is 118 cm³/mol. The zero-order valence-electron chi connectivity index (χ0n) is 16.9. The Morgan fingerprint density at radius 1 is 1.27 bits per heavy atom.